The van der Waals surface area contributed by atoms with Gasteiger partial charge in [-0.25, -0.2) is 13.1 Å². The first kappa shape index (κ1) is 15.7. The third-order valence-electron chi connectivity index (χ3n) is 2.35. The average Bonchev–Trinajstić information content (AvgIpc) is 2.40. The Morgan fingerprint density at radius 3 is 2.84 bits per heavy atom. The van der Waals surface area contributed by atoms with E-state index in [1.165, 1.54) is 19.2 Å². The molecule has 1 aromatic rings. The lowest BCUT2D eigenvalue weighted by atomic mass is 10.2. The standard InChI is InChI=1S/C12H17N3O2S2/c1-3-7-18-8-6-15-12-9-10(4-5-11(12)13)19(16,17)14-2/h1,4-5,9,14-15H,6-8,13H2,2H3. The molecule has 104 valence electrons. The summed E-state index contributed by atoms with van der Waals surface area (Å²) in [6, 6.07) is 4.56. The van der Waals surface area contributed by atoms with Gasteiger partial charge in [-0.3, -0.25) is 0 Å². The Morgan fingerprint density at radius 1 is 1.47 bits per heavy atom. The summed E-state index contributed by atoms with van der Waals surface area (Å²) < 4.78 is 25.6. The molecule has 0 aliphatic heterocycles. The van der Waals surface area contributed by atoms with E-state index in [0.29, 0.717) is 23.7 Å². The van der Waals surface area contributed by atoms with Crippen molar-refractivity contribution in [2.24, 2.45) is 0 Å². The van der Waals surface area contributed by atoms with Gasteiger partial charge in [0.2, 0.25) is 10.0 Å². The van der Waals surface area contributed by atoms with Crippen molar-refractivity contribution < 1.29 is 8.42 Å². The van der Waals surface area contributed by atoms with Crippen LogP contribution in [0.15, 0.2) is 23.1 Å². The first-order chi connectivity index (χ1) is 9.01. The Balaban J connectivity index is 2.73. The van der Waals surface area contributed by atoms with Crippen LogP contribution >= 0.6 is 11.8 Å². The first-order valence-corrected chi connectivity index (χ1v) is 8.23. The van der Waals surface area contributed by atoms with Gasteiger partial charge < -0.3 is 11.1 Å². The number of terminal acetylenes is 1. The van der Waals surface area contributed by atoms with Crippen LogP contribution in [0.2, 0.25) is 0 Å². The number of nitrogen functional groups attached to an aromatic ring is 1. The summed E-state index contributed by atoms with van der Waals surface area (Å²) in [4.78, 5) is 0.183. The van der Waals surface area contributed by atoms with E-state index < -0.39 is 10.0 Å². The number of sulfonamides is 1. The normalized spacial score (nSPS) is 10.9. The topological polar surface area (TPSA) is 84.2 Å². The van der Waals surface area contributed by atoms with Crippen LogP contribution in [-0.4, -0.2) is 33.5 Å². The van der Waals surface area contributed by atoms with Gasteiger partial charge in [0.15, 0.2) is 0 Å². The second-order valence-electron chi connectivity index (χ2n) is 3.64. The van der Waals surface area contributed by atoms with Crippen LogP contribution in [0.3, 0.4) is 0 Å². The van der Waals surface area contributed by atoms with Crippen LogP contribution in [-0.2, 0) is 10.0 Å². The molecule has 0 atom stereocenters. The quantitative estimate of drug-likeness (QED) is 0.397. The van der Waals surface area contributed by atoms with Crippen molar-refractivity contribution >= 4 is 33.2 Å². The maximum Gasteiger partial charge on any atom is 0.240 e. The summed E-state index contributed by atoms with van der Waals surface area (Å²) in [6.45, 7) is 0.666. The van der Waals surface area contributed by atoms with E-state index in [0.717, 1.165) is 5.75 Å². The zero-order valence-corrected chi connectivity index (χ0v) is 12.3. The van der Waals surface area contributed by atoms with Gasteiger partial charge in [0.1, 0.15) is 0 Å². The number of thioether (sulfide) groups is 1. The largest absolute Gasteiger partial charge is 0.397 e. The lowest BCUT2D eigenvalue weighted by Crippen LogP contribution is -2.19. The molecule has 0 bridgehead atoms. The fourth-order valence-corrected chi connectivity index (χ4v) is 2.63. The molecule has 0 aliphatic carbocycles. The van der Waals surface area contributed by atoms with Crippen molar-refractivity contribution in [2.45, 2.75) is 4.90 Å². The Kier molecular flexibility index (Phi) is 6.02. The number of hydrogen-bond donors (Lipinski definition) is 3. The highest BCUT2D eigenvalue weighted by molar-refractivity contribution is 7.99. The molecule has 0 spiro atoms. The molecule has 4 N–H and O–H groups in total. The molecule has 0 fully saturated rings. The molecule has 5 nitrogen and oxygen atoms in total. The van der Waals surface area contributed by atoms with Crippen LogP contribution in [0.25, 0.3) is 0 Å². The van der Waals surface area contributed by atoms with Gasteiger partial charge in [-0.2, -0.15) is 0 Å². The van der Waals surface area contributed by atoms with E-state index in [4.69, 9.17) is 12.2 Å². The van der Waals surface area contributed by atoms with Gasteiger partial charge in [-0.05, 0) is 25.2 Å². The molecule has 1 rings (SSSR count). The van der Waals surface area contributed by atoms with Crippen LogP contribution in [0.4, 0.5) is 11.4 Å². The van der Waals surface area contributed by atoms with Gasteiger partial charge in [0.25, 0.3) is 0 Å². The van der Waals surface area contributed by atoms with Crippen LogP contribution in [0.1, 0.15) is 0 Å². The summed E-state index contributed by atoms with van der Waals surface area (Å²) in [6.07, 6.45) is 5.14. The van der Waals surface area contributed by atoms with Gasteiger partial charge in [-0.1, -0.05) is 5.92 Å². The molecule has 0 unspecified atom stereocenters. The minimum atomic E-state index is -3.45. The van der Waals surface area contributed by atoms with Crippen molar-refractivity contribution in [1.29, 1.82) is 0 Å². The van der Waals surface area contributed by atoms with Crippen LogP contribution < -0.4 is 15.8 Å². The molecule has 19 heavy (non-hydrogen) atoms. The van der Waals surface area contributed by atoms with Crippen molar-refractivity contribution in [2.75, 3.05) is 36.1 Å². The molecule has 1 aromatic carbocycles. The molecule has 7 heteroatoms. The van der Waals surface area contributed by atoms with Gasteiger partial charge >= 0.3 is 0 Å². The molecule has 0 aromatic heterocycles. The lowest BCUT2D eigenvalue weighted by molar-refractivity contribution is 0.588. The molecule has 0 heterocycles. The maximum absolute atomic E-state index is 11.7. The Labute approximate surface area is 118 Å². The maximum atomic E-state index is 11.7. The molecule has 0 saturated carbocycles. The molecular formula is C12H17N3O2S2. The number of benzene rings is 1. The lowest BCUT2D eigenvalue weighted by Gasteiger charge is -2.11. The van der Waals surface area contributed by atoms with Crippen LogP contribution in [0, 0.1) is 12.3 Å². The highest BCUT2D eigenvalue weighted by atomic mass is 32.2. The van der Waals surface area contributed by atoms with E-state index in [1.807, 2.05) is 0 Å². The SMILES string of the molecule is C#CCSCCNc1cc(S(=O)(=O)NC)ccc1N. The average molecular weight is 299 g/mol. The summed E-state index contributed by atoms with van der Waals surface area (Å²) >= 11 is 1.62. The van der Waals surface area contributed by atoms with E-state index >= 15 is 0 Å². The minimum Gasteiger partial charge on any atom is -0.397 e. The van der Waals surface area contributed by atoms with Crippen molar-refractivity contribution in [3.05, 3.63) is 18.2 Å². The second kappa shape index (κ2) is 7.28. The van der Waals surface area contributed by atoms with E-state index in [9.17, 15) is 8.42 Å². The minimum absolute atomic E-state index is 0.183. The number of hydrogen-bond acceptors (Lipinski definition) is 5. The van der Waals surface area contributed by atoms with E-state index in [2.05, 4.69) is 16.0 Å². The molecule has 0 amide bonds. The summed E-state index contributed by atoms with van der Waals surface area (Å²) in [5, 5.41) is 3.10. The third-order valence-corrected chi connectivity index (χ3v) is 4.63. The highest BCUT2D eigenvalue weighted by Crippen LogP contribution is 2.22. The zero-order chi connectivity index (χ0) is 14.3. The molecular weight excluding hydrogens is 282 g/mol. The third kappa shape index (κ3) is 4.67. The fourth-order valence-electron chi connectivity index (χ4n) is 1.36. The second-order valence-corrected chi connectivity index (χ2v) is 6.63. The van der Waals surface area contributed by atoms with Crippen molar-refractivity contribution in [1.82, 2.24) is 4.72 Å². The summed E-state index contributed by atoms with van der Waals surface area (Å²) in [7, 11) is -2.08. The molecule has 0 saturated heterocycles. The number of anilines is 2. The monoisotopic (exact) mass is 299 g/mol. The van der Waals surface area contributed by atoms with Gasteiger partial charge in [0, 0.05) is 12.3 Å². The Bertz CT molecular complexity index is 565. The molecule has 0 radical (unpaired) electrons. The van der Waals surface area contributed by atoms with Crippen molar-refractivity contribution in [3.8, 4) is 12.3 Å². The Morgan fingerprint density at radius 2 is 2.21 bits per heavy atom. The highest BCUT2D eigenvalue weighted by Gasteiger charge is 2.12. The van der Waals surface area contributed by atoms with Crippen LogP contribution in [0.5, 0.6) is 0 Å². The van der Waals surface area contributed by atoms with E-state index in [1.54, 1.807) is 17.8 Å². The fraction of sp³-hybridized carbons (Fsp3) is 0.333. The number of nitrogens with one attached hydrogen (secondary N) is 2. The van der Waals surface area contributed by atoms with Crippen molar-refractivity contribution in [3.63, 3.8) is 0 Å². The number of rotatable bonds is 7. The predicted molar refractivity (Wildman–Crippen MR) is 81.7 cm³/mol. The number of nitrogens with two attached hydrogens (primary N) is 1. The zero-order valence-electron chi connectivity index (χ0n) is 10.6. The van der Waals surface area contributed by atoms with E-state index in [-0.39, 0.29) is 4.90 Å². The summed E-state index contributed by atoms with van der Waals surface area (Å²) in [5.74, 6) is 4.02. The first-order valence-electron chi connectivity index (χ1n) is 5.59. The predicted octanol–water partition coefficient (Wildman–Crippen LogP) is 0.955. The summed E-state index contributed by atoms with van der Waals surface area (Å²) in [5.41, 5.74) is 6.92. The Hall–Kier alpha value is -1.36. The smallest absolute Gasteiger partial charge is 0.240 e. The van der Waals surface area contributed by atoms with Gasteiger partial charge in [0.05, 0.1) is 22.0 Å². The van der Waals surface area contributed by atoms with Gasteiger partial charge in [-0.15, -0.1) is 18.2 Å². The molecule has 0 aliphatic rings.